The van der Waals surface area contributed by atoms with Crippen LogP contribution < -0.4 is 4.74 Å². The zero-order valence-corrected chi connectivity index (χ0v) is 10.5. The van der Waals surface area contributed by atoms with Gasteiger partial charge < -0.3 is 9.84 Å². The lowest BCUT2D eigenvalue weighted by molar-refractivity contribution is 0.0672. The zero-order chi connectivity index (χ0) is 13.0. The number of carbonyl (C=O) groups is 1. The van der Waals surface area contributed by atoms with E-state index >= 15 is 0 Å². The summed E-state index contributed by atoms with van der Waals surface area (Å²) in [6, 6.07) is 1.55. The zero-order valence-electron chi connectivity index (χ0n) is 10.5. The molecule has 1 saturated carbocycles. The van der Waals surface area contributed by atoms with Crippen molar-refractivity contribution < 1.29 is 14.6 Å². The molecule has 0 aliphatic heterocycles. The van der Waals surface area contributed by atoms with Crippen LogP contribution in [-0.4, -0.2) is 27.1 Å². The number of aromatic carboxylic acids is 1. The van der Waals surface area contributed by atoms with Crippen LogP contribution in [-0.2, 0) is 0 Å². The number of ether oxygens (including phenoxy) is 1. The van der Waals surface area contributed by atoms with E-state index in [2.05, 4.69) is 16.9 Å². The summed E-state index contributed by atoms with van der Waals surface area (Å²) < 4.78 is 5.76. The number of carboxylic acids is 1. The average molecular weight is 250 g/mol. The van der Waals surface area contributed by atoms with Gasteiger partial charge in [0.25, 0.3) is 0 Å². The van der Waals surface area contributed by atoms with Crippen LogP contribution in [0.1, 0.15) is 49.5 Å². The van der Waals surface area contributed by atoms with Crippen LogP contribution in [0.4, 0.5) is 0 Å². The van der Waals surface area contributed by atoms with Crippen LogP contribution in [0.3, 0.4) is 0 Å². The molecule has 1 heterocycles. The Balaban J connectivity index is 2.07. The fourth-order valence-corrected chi connectivity index (χ4v) is 2.45. The Bertz CT molecular complexity index is 422. The first kappa shape index (κ1) is 12.8. The Kier molecular flexibility index (Phi) is 4.12. The fourth-order valence-electron chi connectivity index (χ4n) is 2.45. The molecule has 0 bridgehead atoms. The van der Waals surface area contributed by atoms with Gasteiger partial charge in [-0.05, 0) is 37.7 Å². The summed E-state index contributed by atoms with van der Waals surface area (Å²) in [4.78, 5) is 18.7. The maximum atomic E-state index is 10.8. The molecule has 0 radical (unpaired) electrons. The number of hydrogen-bond donors (Lipinski definition) is 1. The highest BCUT2D eigenvalue weighted by molar-refractivity contribution is 5.85. The predicted octanol–water partition coefficient (Wildman–Crippen LogP) is 2.52. The molecule has 0 amide bonds. The van der Waals surface area contributed by atoms with E-state index in [1.165, 1.54) is 25.1 Å². The standard InChI is InChI=1S/C13H18N2O3/c1-2-9-5-3-4-6-11(9)18-13-14-8-7-10(15-13)12(16)17/h7-9,11H,2-6H2,1H3,(H,16,17). The molecular formula is C13H18N2O3. The van der Waals surface area contributed by atoms with Crippen LogP contribution in [0.2, 0.25) is 0 Å². The Morgan fingerprint density at radius 3 is 3.00 bits per heavy atom. The van der Waals surface area contributed by atoms with Gasteiger partial charge in [0.15, 0.2) is 5.69 Å². The van der Waals surface area contributed by atoms with Gasteiger partial charge in [-0.25, -0.2) is 9.78 Å². The molecule has 0 spiro atoms. The van der Waals surface area contributed by atoms with Gasteiger partial charge in [-0.3, -0.25) is 0 Å². The summed E-state index contributed by atoms with van der Waals surface area (Å²) in [7, 11) is 0. The minimum Gasteiger partial charge on any atom is -0.477 e. The van der Waals surface area contributed by atoms with E-state index in [0.717, 1.165) is 19.3 Å². The first-order chi connectivity index (χ1) is 8.70. The topological polar surface area (TPSA) is 72.3 Å². The van der Waals surface area contributed by atoms with Crippen molar-refractivity contribution in [2.45, 2.75) is 45.1 Å². The maximum Gasteiger partial charge on any atom is 0.354 e. The van der Waals surface area contributed by atoms with Gasteiger partial charge in [0.1, 0.15) is 6.10 Å². The van der Waals surface area contributed by atoms with Gasteiger partial charge in [0, 0.05) is 6.20 Å². The Morgan fingerprint density at radius 1 is 1.50 bits per heavy atom. The second kappa shape index (κ2) is 5.80. The van der Waals surface area contributed by atoms with E-state index in [4.69, 9.17) is 9.84 Å². The number of hydrogen-bond acceptors (Lipinski definition) is 4. The Hall–Kier alpha value is -1.65. The SMILES string of the molecule is CCC1CCCCC1Oc1nccc(C(=O)O)n1. The first-order valence-corrected chi connectivity index (χ1v) is 6.43. The Morgan fingerprint density at radius 2 is 2.28 bits per heavy atom. The summed E-state index contributed by atoms with van der Waals surface area (Å²) in [6.45, 7) is 2.15. The molecule has 1 N–H and O–H groups in total. The molecule has 1 fully saturated rings. The monoisotopic (exact) mass is 250 g/mol. The first-order valence-electron chi connectivity index (χ1n) is 6.43. The Labute approximate surface area is 106 Å². The summed E-state index contributed by atoms with van der Waals surface area (Å²) in [5.41, 5.74) is -0.0242. The lowest BCUT2D eigenvalue weighted by atomic mass is 9.85. The largest absolute Gasteiger partial charge is 0.477 e. The smallest absolute Gasteiger partial charge is 0.354 e. The molecule has 2 rings (SSSR count). The highest BCUT2D eigenvalue weighted by Gasteiger charge is 2.26. The highest BCUT2D eigenvalue weighted by Crippen LogP contribution is 2.29. The molecular weight excluding hydrogens is 232 g/mol. The molecule has 98 valence electrons. The number of nitrogens with zero attached hydrogens (tertiary/aromatic N) is 2. The van der Waals surface area contributed by atoms with Crippen molar-refractivity contribution in [3.63, 3.8) is 0 Å². The molecule has 1 aromatic heterocycles. The van der Waals surface area contributed by atoms with Crippen molar-refractivity contribution >= 4 is 5.97 Å². The van der Waals surface area contributed by atoms with Crippen LogP contribution in [0, 0.1) is 5.92 Å². The third-order valence-electron chi connectivity index (χ3n) is 3.47. The van der Waals surface area contributed by atoms with Gasteiger partial charge in [0.05, 0.1) is 0 Å². The normalized spacial score (nSPS) is 23.6. The van der Waals surface area contributed by atoms with Crippen LogP contribution >= 0.6 is 0 Å². The van der Waals surface area contributed by atoms with Crippen molar-refractivity contribution in [2.75, 3.05) is 0 Å². The summed E-state index contributed by atoms with van der Waals surface area (Å²) >= 11 is 0. The average Bonchev–Trinajstić information content (AvgIpc) is 2.39. The minimum atomic E-state index is -1.06. The summed E-state index contributed by atoms with van der Waals surface area (Å²) in [5, 5.41) is 8.87. The maximum absolute atomic E-state index is 10.8. The molecule has 2 atom stereocenters. The quantitative estimate of drug-likeness (QED) is 0.888. The summed E-state index contributed by atoms with van der Waals surface area (Å²) in [5.74, 6) is -0.534. The van der Waals surface area contributed by atoms with E-state index in [0.29, 0.717) is 5.92 Å². The van der Waals surface area contributed by atoms with Crippen molar-refractivity contribution in [1.82, 2.24) is 9.97 Å². The molecule has 1 aromatic rings. The van der Waals surface area contributed by atoms with Crippen molar-refractivity contribution in [3.05, 3.63) is 18.0 Å². The minimum absolute atomic E-state index is 0.0242. The third-order valence-corrected chi connectivity index (χ3v) is 3.47. The van der Waals surface area contributed by atoms with Crippen molar-refractivity contribution in [3.8, 4) is 6.01 Å². The van der Waals surface area contributed by atoms with Gasteiger partial charge in [0.2, 0.25) is 0 Å². The molecule has 2 unspecified atom stereocenters. The third kappa shape index (κ3) is 2.97. The molecule has 18 heavy (non-hydrogen) atoms. The van der Waals surface area contributed by atoms with E-state index in [9.17, 15) is 4.79 Å². The lowest BCUT2D eigenvalue weighted by Crippen LogP contribution is -2.30. The van der Waals surface area contributed by atoms with Gasteiger partial charge in [-0.2, -0.15) is 4.98 Å². The van der Waals surface area contributed by atoms with E-state index < -0.39 is 5.97 Å². The van der Waals surface area contributed by atoms with Crippen LogP contribution in [0.5, 0.6) is 6.01 Å². The highest BCUT2D eigenvalue weighted by atomic mass is 16.5. The van der Waals surface area contributed by atoms with Gasteiger partial charge >= 0.3 is 12.0 Å². The number of rotatable bonds is 4. The molecule has 1 aliphatic carbocycles. The molecule has 5 heteroatoms. The van der Waals surface area contributed by atoms with E-state index in [1.807, 2.05) is 0 Å². The lowest BCUT2D eigenvalue weighted by Gasteiger charge is -2.30. The molecule has 1 aliphatic rings. The van der Waals surface area contributed by atoms with Gasteiger partial charge in [-0.15, -0.1) is 0 Å². The summed E-state index contributed by atoms with van der Waals surface area (Å²) in [6.07, 6.45) is 7.18. The van der Waals surface area contributed by atoms with Crippen LogP contribution in [0.25, 0.3) is 0 Å². The number of aromatic nitrogens is 2. The molecule has 0 saturated heterocycles. The van der Waals surface area contributed by atoms with E-state index in [1.54, 1.807) is 0 Å². The molecule has 5 nitrogen and oxygen atoms in total. The fraction of sp³-hybridized carbons (Fsp3) is 0.615. The predicted molar refractivity (Wildman–Crippen MR) is 65.7 cm³/mol. The van der Waals surface area contributed by atoms with Crippen molar-refractivity contribution in [2.24, 2.45) is 5.92 Å². The van der Waals surface area contributed by atoms with Gasteiger partial charge in [-0.1, -0.05) is 13.3 Å². The van der Waals surface area contributed by atoms with Crippen LogP contribution in [0.15, 0.2) is 12.3 Å². The van der Waals surface area contributed by atoms with Crippen molar-refractivity contribution in [1.29, 1.82) is 0 Å². The molecule has 0 aromatic carbocycles. The second-order valence-corrected chi connectivity index (χ2v) is 4.64. The number of carboxylic acid groups (broad SMARTS) is 1. The second-order valence-electron chi connectivity index (χ2n) is 4.64. The van der Waals surface area contributed by atoms with E-state index in [-0.39, 0.29) is 17.8 Å².